The fraction of sp³-hybridized carbons (Fsp3) is 0.659. The summed E-state index contributed by atoms with van der Waals surface area (Å²) in [5, 5.41) is 17.1. The van der Waals surface area contributed by atoms with E-state index in [1.165, 1.54) is 13.0 Å². The van der Waals surface area contributed by atoms with Crippen molar-refractivity contribution in [2.45, 2.75) is 155 Å². The van der Waals surface area contributed by atoms with E-state index in [0.29, 0.717) is 62.4 Å². The molecule has 14 nitrogen and oxygen atoms in total. The maximum Gasteiger partial charge on any atom is 0.573 e. The van der Waals surface area contributed by atoms with Gasteiger partial charge in [0, 0.05) is 63.5 Å². The molecule has 2 amide bonds. The Morgan fingerprint density at radius 3 is 2.26 bits per heavy atom. The van der Waals surface area contributed by atoms with Crippen molar-refractivity contribution in [1.82, 2.24) is 20.5 Å². The van der Waals surface area contributed by atoms with Crippen molar-refractivity contribution in [2.24, 2.45) is 10.8 Å². The van der Waals surface area contributed by atoms with Crippen LogP contribution in [0.25, 0.3) is 0 Å². The summed E-state index contributed by atoms with van der Waals surface area (Å²) in [5.41, 5.74) is -0.437. The number of aliphatic hydroxyl groups is 1. The van der Waals surface area contributed by atoms with Crippen molar-refractivity contribution in [3.63, 3.8) is 0 Å². The summed E-state index contributed by atoms with van der Waals surface area (Å²) in [4.78, 5) is 56.0. The van der Waals surface area contributed by atoms with Gasteiger partial charge < -0.3 is 44.3 Å². The standard InChI is InChI=1S/C22H30F3N3O4.C22H31NO6/c1-14(29)21(6-2-17(11-21)27-16-4-8-31-9-5-16)20(30)28-7-3-19-15(13-28)10-18(12-26-19)32-22(23,24)25;1-15(28-16(2)24)22(19(25)27-14-17-9-7-6-8-10-17)12-11-18(13-22)23-20(26)29-21(3,4)5/h10,12,14,16-17,27,29H,2-9,11,13H2,1H3;6-10,15,18H,11-14H2,1-5H3,(H,23,26)/t14?,17-,21+;15?,18-,22+/m11/s1. The number of nitrogens with zero attached hydrogens (tertiary/aromatic N) is 2. The lowest BCUT2D eigenvalue weighted by atomic mass is 9.78. The Bertz CT molecular complexity index is 1820. The van der Waals surface area contributed by atoms with Gasteiger partial charge in [-0.2, -0.15) is 0 Å². The van der Waals surface area contributed by atoms with Crippen LogP contribution in [0.2, 0.25) is 0 Å². The Balaban J connectivity index is 0.000000232. The molecule has 0 spiro atoms. The third-order valence-electron chi connectivity index (χ3n) is 12.0. The SMILES string of the molecule is CC(=O)OC(C)[C@]1(C(=O)OCc2ccccc2)CC[C@@H](NC(=O)OC(C)(C)C)C1.CC(O)[C@]1(C(=O)N2CCc3ncc(OC(F)(F)F)cc3C2)CC[C@@H](NC2CCOCC2)C1. The molecule has 2 aliphatic heterocycles. The first-order valence-electron chi connectivity index (χ1n) is 21.1. The maximum absolute atomic E-state index is 13.6. The lowest BCUT2D eigenvalue weighted by Crippen LogP contribution is -2.51. The quantitative estimate of drug-likeness (QED) is 0.170. The summed E-state index contributed by atoms with van der Waals surface area (Å²) in [6.45, 7) is 12.2. The second-order valence-electron chi connectivity index (χ2n) is 17.7. The van der Waals surface area contributed by atoms with Gasteiger partial charge in [-0.1, -0.05) is 30.3 Å². The van der Waals surface area contributed by atoms with Crippen molar-refractivity contribution in [3.05, 3.63) is 59.4 Å². The third-order valence-corrected chi connectivity index (χ3v) is 12.0. The molecule has 4 aliphatic rings. The summed E-state index contributed by atoms with van der Waals surface area (Å²) >= 11 is 0. The topological polar surface area (TPSA) is 175 Å². The number of alkyl carbamates (subject to hydrolysis) is 1. The highest BCUT2D eigenvalue weighted by molar-refractivity contribution is 5.84. The minimum Gasteiger partial charge on any atom is -0.462 e. The van der Waals surface area contributed by atoms with Crippen molar-refractivity contribution in [1.29, 1.82) is 0 Å². The Morgan fingerprint density at radius 2 is 1.62 bits per heavy atom. The molecule has 1 aromatic carbocycles. The molecular formula is C44H61F3N4O10. The minimum absolute atomic E-state index is 0.137. The molecule has 17 heteroatoms. The van der Waals surface area contributed by atoms with Crippen molar-refractivity contribution in [3.8, 4) is 5.75 Å². The van der Waals surface area contributed by atoms with Crippen LogP contribution in [0.15, 0.2) is 42.6 Å². The van der Waals surface area contributed by atoms with Crippen LogP contribution in [-0.4, -0.2) is 101 Å². The van der Waals surface area contributed by atoms with Gasteiger partial charge in [0.2, 0.25) is 5.91 Å². The van der Waals surface area contributed by atoms with E-state index < -0.39 is 58.8 Å². The van der Waals surface area contributed by atoms with Crippen LogP contribution in [0.5, 0.6) is 5.75 Å². The summed E-state index contributed by atoms with van der Waals surface area (Å²) < 4.78 is 63.4. The minimum atomic E-state index is -4.80. The predicted molar refractivity (Wildman–Crippen MR) is 216 cm³/mol. The number of hydrogen-bond donors (Lipinski definition) is 3. The van der Waals surface area contributed by atoms with E-state index in [9.17, 15) is 37.5 Å². The van der Waals surface area contributed by atoms with E-state index >= 15 is 0 Å². The van der Waals surface area contributed by atoms with Gasteiger partial charge in [-0.3, -0.25) is 19.4 Å². The number of fused-ring (bicyclic) bond motifs is 1. The Morgan fingerprint density at radius 1 is 0.967 bits per heavy atom. The fourth-order valence-electron chi connectivity index (χ4n) is 8.87. The number of aliphatic hydroxyl groups excluding tert-OH is 1. The first-order chi connectivity index (χ1) is 28.7. The highest BCUT2D eigenvalue weighted by Crippen LogP contribution is 2.45. The van der Waals surface area contributed by atoms with E-state index in [2.05, 4.69) is 20.4 Å². The zero-order valence-electron chi connectivity index (χ0n) is 36.0. The number of carbonyl (C=O) groups excluding carboxylic acids is 4. The largest absolute Gasteiger partial charge is 0.573 e. The van der Waals surface area contributed by atoms with E-state index in [1.54, 1.807) is 39.5 Å². The second-order valence-corrected chi connectivity index (χ2v) is 17.7. The van der Waals surface area contributed by atoms with Crippen molar-refractivity contribution < 1.29 is 61.1 Å². The van der Waals surface area contributed by atoms with Gasteiger partial charge in [0.15, 0.2) is 0 Å². The molecule has 2 saturated carbocycles. The molecule has 3 fully saturated rings. The second kappa shape index (κ2) is 20.1. The van der Waals surface area contributed by atoms with Crippen LogP contribution in [0.1, 0.15) is 110 Å². The van der Waals surface area contributed by atoms with Crippen LogP contribution >= 0.6 is 0 Å². The Kier molecular flexibility index (Phi) is 15.7. The van der Waals surface area contributed by atoms with Crippen molar-refractivity contribution >= 4 is 23.9 Å². The van der Waals surface area contributed by atoms with Crippen molar-refractivity contribution in [2.75, 3.05) is 19.8 Å². The van der Waals surface area contributed by atoms with Crippen LogP contribution in [-0.2, 0) is 52.9 Å². The summed E-state index contributed by atoms with van der Waals surface area (Å²) in [5.74, 6) is -1.42. The van der Waals surface area contributed by atoms with Crippen LogP contribution < -0.4 is 15.4 Å². The normalized spacial score (nSPS) is 25.2. The number of benzene rings is 1. The molecule has 2 unspecified atom stereocenters. The Labute approximate surface area is 355 Å². The predicted octanol–water partition coefficient (Wildman–Crippen LogP) is 6.30. The third kappa shape index (κ3) is 13.0. The van der Waals surface area contributed by atoms with Gasteiger partial charge in [-0.05, 0) is 103 Å². The van der Waals surface area contributed by atoms with E-state index in [1.807, 2.05) is 30.3 Å². The number of pyridine rings is 1. The van der Waals surface area contributed by atoms with Gasteiger partial charge in [0.05, 0.1) is 17.7 Å². The van der Waals surface area contributed by atoms with Crippen LogP contribution in [0.3, 0.4) is 0 Å². The van der Waals surface area contributed by atoms with Gasteiger partial charge in [0.25, 0.3) is 0 Å². The fourth-order valence-corrected chi connectivity index (χ4v) is 8.87. The van der Waals surface area contributed by atoms with Crippen LogP contribution in [0, 0.1) is 10.8 Å². The Hall–Kier alpha value is -4.48. The number of esters is 2. The molecule has 1 aromatic heterocycles. The van der Waals surface area contributed by atoms with Crippen LogP contribution in [0.4, 0.5) is 18.0 Å². The number of halogens is 3. The number of aromatic nitrogens is 1. The molecule has 2 aliphatic carbocycles. The number of hydrogen-bond acceptors (Lipinski definition) is 12. The molecule has 2 aromatic rings. The highest BCUT2D eigenvalue weighted by atomic mass is 19.4. The maximum atomic E-state index is 13.6. The molecule has 6 atom stereocenters. The molecule has 338 valence electrons. The summed E-state index contributed by atoms with van der Waals surface area (Å²) in [6.07, 6.45) is -0.221. The molecular weight excluding hydrogens is 801 g/mol. The molecule has 3 N–H and O–H groups in total. The molecule has 1 saturated heterocycles. The van der Waals surface area contributed by atoms with E-state index in [0.717, 1.165) is 44.2 Å². The number of ether oxygens (including phenoxy) is 5. The number of amides is 2. The molecule has 3 heterocycles. The lowest BCUT2D eigenvalue weighted by Gasteiger charge is -2.39. The van der Waals surface area contributed by atoms with E-state index in [-0.39, 0.29) is 31.1 Å². The first-order valence-corrected chi connectivity index (χ1v) is 21.1. The highest BCUT2D eigenvalue weighted by Gasteiger charge is 2.53. The molecule has 0 radical (unpaired) electrons. The average Bonchev–Trinajstić information content (AvgIpc) is 3.82. The van der Waals surface area contributed by atoms with Gasteiger partial charge >= 0.3 is 24.4 Å². The number of rotatable bonds is 11. The monoisotopic (exact) mass is 862 g/mol. The number of alkyl halides is 3. The number of nitrogens with one attached hydrogen (secondary N) is 2. The van der Waals surface area contributed by atoms with E-state index in [4.69, 9.17) is 18.9 Å². The summed E-state index contributed by atoms with van der Waals surface area (Å²) in [6, 6.07) is 10.9. The number of carbonyl (C=O) groups is 4. The van der Waals surface area contributed by atoms with Gasteiger partial charge in [-0.15, -0.1) is 13.2 Å². The lowest BCUT2D eigenvalue weighted by molar-refractivity contribution is -0.274. The molecule has 61 heavy (non-hydrogen) atoms. The average molecular weight is 863 g/mol. The van der Waals surface area contributed by atoms with Gasteiger partial charge in [0.1, 0.15) is 29.5 Å². The van der Waals surface area contributed by atoms with Gasteiger partial charge in [-0.25, -0.2) is 4.79 Å². The summed E-state index contributed by atoms with van der Waals surface area (Å²) in [7, 11) is 0. The molecule has 6 rings (SSSR count). The zero-order valence-corrected chi connectivity index (χ0v) is 36.0. The smallest absolute Gasteiger partial charge is 0.462 e. The first kappa shape index (κ1) is 47.6. The zero-order chi connectivity index (χ0) is 44.6. The molecule has 0 bridgehead atoms.